The molecule has 3 heterocycles. The zero-order chi connectivity index (χ0) is 45.4. The highest BCUT2D eigenvalue weighted by molar-refractivity contribution is 7.64. The summed E-state index contributed by atoms with van der Waals surface area (Å²) in [5.74, 6) is -0.557. The van der Waals surface area contributed by atoms with Gasteiger partial charge in [0.25, 0.3) is 21.2 Å². The third-order valence-electron chi connectivity index (χ3n) is 9.12. The maximum atomic E-state index is 12.5. The Balaban J connectivity index is 1.28. The van der Waals surface area contributed by atoms with E-state index in [0.29, 0.717) is 36.8 Å². The molecule has 8 unspecified atom stereocenters. The first-order valence-electron chi connectivity index (χ1n) is 19.2. The van der Waals surface area contributed by atoms with Crippen molar-refractivity contribution in [3.63, 3.8) is 0 Å². The van der Waals surface area contributed by atoms with Gasteiger partial charge in [-0.3, -0.25) is 42.2 Å². The van der Waals surface area contributed by atoms with Crippen molar-refractivity contribution in [2.75, 3.05) is 26.2 Å². The molecule has 346 valence electrons. The molecule has 0 saturated carbocycles. The monoisotopic (exact) mass is 929 g/mol. The summed E-state index contributed by atoms with van der Waals surface area (Å²) < 4.78 is 50.3. The number of aromatic nitrogens is 2. The summed E-state index contributed by atoms with van der Waals surface area (Å²) in [4.78, 5) is 119. The number of urea groups is 1. The highest BCUT2D eigenvalue weighted by Gasteiger charge is 2.45. The first kappa shape index (κ1) is 51.7. The summed E-state index contributed by atoms with van der Waals surface area (Å²) in [5.41, 5.74) is -2.22. The number of aliphatic hydroxyl groups excluding tert-OH is 2. The van der Waals surface area contributed by atoms with E-state index in [2.05, 4.69) is 39.7 Å². The zero-order valence-corrected chi connectivity index (χ0v) is 35.6. The molecule has 8 atom stereocenters. The third kappa shape index (κ3) is 19.1. The quantitative estimate of drug-likeness (QED) is 0.0316. The lowest BCUT2D eigenvalue weighted by molar-refractivity contribution is -0.339. The van der Waals surface area contributed by atoms with Crippen molar-refractivity contribution >= 4 is 53.3 Å². The minimum atomic E-state index is -6.27. The van der Waals surface area contributed by atoms with Crippen LogP contribution in [0.5, 0.6) is 0 Å². The molecule has 0 radical (unpaired) electrons. The molecular formula is C32H50N7O19P3-4. The van der Waals surface area contributed by atoms with E-state index >= 15 is 0 Å². The van der Waals surface area contributed by atoms with Gasteiger partial charge in [0.15, 0.2) is 6.23 Å². The van der Waals surface area contributed by atoms with E-state index in [1.165, 1.54) is 12.2 Å². The second-order valence-electron chi connectivity index (χ2n) is 14.0. The molecule has 8 N–H and O–H groups in total. The molecule has 29 heteroatoms. The number of rotatable bonds is 27. The summed E-state index contributed by atoms with van der Waals surface area (Å²) >= 11 is 0. The van der Waals surface area contributed by atoms with Crippen molar-refractivity contribution in [1.82, 2.24) is 36.1 Å². The van der Waals surface area contributed by atoms with Crippen molar-refractivity contribution in [2.24, 2.45) is 0 Å². The first-order chi connectivity index (χ1) is 28.6. The lowest BCUT2D eigenvalue weighted by Gasteiger charge is -2.37. The molecular weight excluding hydrogens is 879 g/mol. The van der Waals surface area contributed by atoms with Crippen LogP contribution in [0.3, 0.4) is 0 Å². The van der Waals surface area contributed by atoms with Gasteiger partial charge in [-0.15, -0.1) is 0 Å². The maximum absolute atomic E-state index is 12.5. The summed E-state index contributed by atoms with van der Waals surface area (Å²) in [6.07, 6.45) is 2.70. The highest BCUT2D eigenvalue weighted by atomic mass is 31.3. The number of phosphoric acid groups is 3. The van der Waals surface area contributed by atoms with Crippen LogP contribution >= 0.6 is 23.5 Å². The van der Waals surface area contributed by atoms with Crippen LogP contribution in [0, 0.1) is 0 Å². The Hall–Kier alpha value is -3.61. The molecule has 3 rings (SSSR count). The van der Waals surface area contributed by atoms with E-state index in [-0.39, 0.29) is 60.9 Å². The second kappa shape index (κ2) is 24.3. The molecule has 26 nitrogen and oxygen atoms in total. The van der Waals surface area contributed by atoms with Gasteiger partial charge in [-0.25, -0.2) is 13.9 Å². The van der Waals surface area contributed by atoms with Crippen LogP contribution in [0.2, 0.25) is 0 Å². The standard InChI is InChI=1S/C32H54N7O19P3/c1-20-22(37-31(46)36-20)11-4-2-5-12-24(40)33-15-7-3-6-13-25(41)35-17-9-14-26(42)34-16-8-10-21-18-39(32(47)38-29(21)45)30-28(44)27(43)23(56-30)19-55-60(51,52)58-61(53,54)57-59(48,49)50/h8,10,18,20,22-23,27-28,30,43-44H,2-7,9,11-17,19H2,1H3,(H,33,40)(H,34,42)(H,35,41)(H,51,52)(H,53,54)(H2,36,37,46)(H,38,45,47)(H2,48,49,50)/p-4. The fraction of sp³-hybridized carbons (Fsp3) is 0.688. The Kier molecular flexibility index (Phi) is 20.6. The molecule has 0 spiro atoms. The van der Waals surface area contributed by atoms with Gasteiger partial charge >= 0.3 is 11.7 Å². The van der Waals surface area contributed by atoms with Gasteiger partial charge in [0.05, 0.1) is 26.0 Å². The predicted molar refractivity (Wildman–Crippen MR) is 202 cm³/mol. The Morgan fingerprint density at radius 1 is 0.820 bits per heavy atom. The van der Waals surface area contributed by atoms with Crippen LogP contribution in [0.4, 0.5) is 4.79 Å². The number of hydrogen-bond acceptors (Lipinski definition) is 19. The Morgan fingerprint density at radius 2 is 1.43 bits per heavy atom. The van der Waals surface area contributed by atoms with Crippen molar-refractivity contribution in [2.45, 2.75) is 114 Å². The fourth-order valence-electron chi connectivity index (χ4n) is 6.06. The number of phosphoric ester groups is 1. The van der Waals surface area contributed by atoms with Crippen LogP contribution in [-0.4, -0.2) is 100 Å². The summed E-state index contributed by atoms with van der Waals surface area (Å²) in [7, 11) is -18.5. The molecule has 61 heavy (non-hydrogen) atoms. The molecule has 0 bridgehead atoms. The molecule has 5 amide bonds. The minimum Gasteiger partial charge on any atom is -0.790 e. The normalized spacial score (nSPS) is 23.5. The van der Waals surface area contributed by atoms with E-state index in [1.54, 1.807) is 0 Å². The third-order valence-corrected chi connectivity index (χ3v) is 12.8. The van der Waals surface area contributed by atoms with Crippen LogP contribution in [0.25, 0.3) is 6.08 Å². The highest BCUT2D eigenvalue weighted by Crippen LogP contribution is 2.60. The number of aliphatic hydroxyl groups is 2. The molecule has 0 aromatic carbocycles. The summed E-state index contributed by atoms with van der Waals surface area (Å²) in [6.45, 7) is 1.41. The number of ether oxygens (including phenoxy) is 1. The van der Waals surface area contributed by atoms with Crippen molar-refractivity contribution < 1.29 is 80.5 Å². The molecule has 1 aromatic heterocycles. The molecule has 1 aromatic rings. The average molecular weight is 930 g/mol. The maximum Gasteiger partial charge on any atom is 0.330 e. The van der Waals surface area contributed by atoms with Gasteiger partial charge in [-0.2, -0.15) is 0 Å². The summed E-state index contributed by atoms with van der Waals surface area (Å²) in [6, 6.07) is 0.0713. The Labute approximate surface area is 348 Å². The number of carbonyl (C=O) groups excluding carboxylic acids is 4. The molecule has 0 aliphatic carbocycles. The number of aromatic amines is 1. The van der Waals surface area contributed by atoms with Gasteiger partial charge in [0, 0.05) is 51.1 Å². The number of hydrogen-bond donors (Lipinski definition) is 8. The van der Waals surface area contributed by atoms with Gasteiger partial charge in [0.2, 0.25) is 17.7 Å². The topological polar surface area (TPSA) is 404 Å². The van der Waals surface area contributed by atoms with E-state index < -0.39 is 65.9 Å². The largest absolute Gasteiger partial charge is 0.790 e. The predicted octanol–water partition coefficient (Wildman–Crippen LogP) is -3.31. The second-order valence-corrected chi connectivity index (χ2v) is 18.3. The van der Waals surface area contributed by atoms with Crippen LogP contribution in [0.15, 0.2) is 21.9 Å². The summed E-state index contributed by atoms with van der Waals surface area (Å²) in [5, 5.41) is 34.7. The van der Waals surface area contributed by atoms with Crippen LogP contribution in [0.1, 0.15) is 89.3 Å². The molecule has 2 fully saturated rings. The van der Waals surface area contributed by atoms with E-state index in [0.717, 1.165) is 44.7 Å². The van der Waals surface area contributed by atoms with Crippen molar-refractivity contribution in [3.05, 3.63) is 38.7 Å². The Bertz CT molecular complexity index is 1960. The van der Waals surface area contributed by atoms with Crippen molar-refractivity contribution in [1.29, 1.82) is 0 Å². The lowest BCUT2D eigenvalue weighted by atomic mass is 10.0. The van der Waals surface area contributed by atoms with E-state index in [1.807, 2.05) is 11.9 Å². The number of nitrogens with zero attached hydrogens (tertiary/aromatic N) is 1. The number of carbonyl (C=O) groups is 4. The smallest absolute Gasteiger partial charge is 0.330 e. The number of amides is 5. The van der Waals surface area contributed by atoms with Crippen LogP contribution < -0.4 is 57.4 Å². The SMILES string of the molecule is CC1NC(=O)NC1CCCCCC(=O)NCCCCCC(=O)NCCCC(=O)NCC=Cc1cn(C2OC(COP(=O)([O-])OP(=O)([O-])OP(=O)([O-])[O-])C(O)C2O)c(=O)[nH]c1=O. The van der Waals surface area contributed by atoms with Gasteiger partial charge in [0.1, 0.15) is 18.3 Å². The lowest BCUT2D eigenvalue weighted by Crippen LogP contribution is -2.38. The minimum absolute atomic E-state index is 0.0163. The van der Waals surface area contributed by atoms with E-state index in [4.69, 9.17) is 4.74 Å². The average Bonchev–Trinajstić information content (AvgIpc) is 3.62. The van der Waals surface area contributed by atoms with Crippen LogP contribution in [-0.2, 0) is 46.0 Å². The fourth-order valence-corrected chi connectivity index (χ4v) is 8.93. The Morgan fingerprint density at radius 3 is 2.05 bits per heavy atom. The molecule has 2 aliphatic rings. The van der Waals surface area contributed by atoms with Gasteiger partial charge in [-0.05, 0) is 39.0 Å². The number of H-pyrrole nitrogens is 1. The molecule has 2 saturated heterocycles. The number of nitrogens with one attached hydrogen (secondary N) is 6. The van der Waals surface area contributed by atoms with Crippen molar-refractivity contribution in [3.8, 4) is 0 Å². The number of unbranched alkanes of at least 4 members (excludes halogenated alkanes) is 4. The van der Waals surface area contributed by atoms with E-state index in [9.17, 15) is 72.2 Å². The molecule has 2 aliphatic heterocycles. The van der Waals surface area contributed by atoms with Gasteiger partial charge in [-0.1, -0.05) is 31.4 Å². The first-order valence-corrected chi connectivity index (χ1v) is 23.6. The zero-order valence-electron chi connectivity index (χ0n) is 32.9. The van der Waals surface area contributed by atoms with Gasteiger partial charge < -0.3 is 70.2 Å².